The Kier molecular flexibility index (Phi) is 5.81. The Morgan fingerprint density at radius 1 is 1.26 bits per heavy atom. The van der Waals surface area contributed by atoms with E-state index >= 15 is 0 Å². The van der Waals surface area contributed by atoms with Crippen molar-refractivity contribution in [2.24, 2.45) is 5.92 Å². The zero-order valence-corrected chi connectivity index (χ0v) is 14.9. The average molecular weight is 338 g/mol. The molecule has 6 heteroatoms. The van der Waals surface area contributed by atoms with E-state index in [-0.39, 0.29) is 18.1 Å². The van der Waals surface area contributed by atoms with E-state index in [9.17, 15) is 13.2 Å². The minimum atomic E-state index is -3.31. The molecule has 0 saturated carbocycles. The second-order valence-corrected chi connectivity index (χ2v) is 8.77. The molecule has 1 aliphatic rings. The Labute approximate surface area is 139 Å². The van der Waals surface area contributed by atoms with Gasteiger partial charge in [0.2, 0.25) is 15.9 Å². The number of amides is 1. The first-order valence-corrected chi connectivity index (χ1v) is 9.65. The lowest BCUT2D eigenvalue weighted by Gasteiger charge is -2.37. The first-order valence-electron chi connectivity index (χ1n) is 8.04. The molecule has 0 aliphatic carbocycles. The molecule has 5 nitrogen and oxygen atoms in total. The molecule has 1 aliphatic heterocycles. The maximum atomic E-state index is 12.3. The first-order chi connectivity index (χ1) is 10.8. The molecule has 0 N–H and O–H groups in total. The van der Waals surface area contributed by atoms with Crippen LogP contribution in [0, 0.1) is 5.92 Å². The Bertz CT molecular complexity index is 628. The second kappa shape index (κ2) is 7.45. The molecule has 0 unspecified atom stereocenters. The minimum Gasteiger partial charge on any atom is -0.342 e. The summed E-state index contributed by atoms with van der Waals surface area (Å²) in [7, 11) is -0.327. The molecule has 128 valence electrons. The van der Waals surface area contributed by atoms with Gasteiger partial charge >= 0.3 is 0 Å². The van der Waals surface area contributed by atoms with Gasteiger partial charge in [-0.3, -0.25) is 4.79 Å². The van der Waals surface area contributed by atoms with Crippen LogP contribution in [-0.4, -0.2) is 56.5 Å². The van der Waals surface area contributed by atoms with Gasteiger partial charge in [0.15, 0.2) is 0 Å². The molecule has 0 spiro atoms. The molecule has 0 bridgehead atoms. The van der Waals surface area contributed by atoms with Crippen molar-refractivity contribution in [3.63, 3.8) is 0 Å². The number of nitrogens with zero attached hydrogens (tertiary/aromatic N) is 2. The van der Waals surface area contributed by atoms with Gasteiger partial charge in [-0.2, -0.15) is 0 Å². The quantitative estimate of drug-likeness (QED) is 0.824. The van der Waals surface area contributed by atoms with E-state index in [4.69, 9.17) is 0 Å². The summed E-state index contributed by atoms with van der Waals surface area (Å²) < 4.78 is 24.7. The number of hydrogen-bond acceptors (Lipinski definition) is 3. The molecule has 0 radical (unpaired) electrons. The summed E-state index contributed by atoms with van der Waals surface area (Å²) in [6.07, 6.45) is 0.987. The Morgan fingerprint density at radius 3 is 2.48 bits per heavy atom. The highest BCUT2D eigenvalue weighted by Crippen LogP contribution is 2.32. The fourth-order valence-electron chi connectivity index (χ4n) is 3.12. The summed E-state index contributed by atoms with van der Waals surface area (Å²) in [6, 6.07) is 10.4. The highest BCUT2D eigenvalue weighted by Gasteiger charge is 2.30. The predicted molar refractivity (Wildman–Crippen MR) is 91.6 cm³/mol. The smallest absolute Gasteiger partial charge is 0.223 e. The summed E-state index contributed by atoms with van der Waals surface area (Å²) in [4.78, 5) is 14.1. The van der Waals surface area contributed by atoms with Crippen molar-refractivity contribution in [1.82, 2.24) is 9.21 Å². The average Bonchev–Trinajstić information content (AvgIpc) is 2.53. The summed E-state index contributed by atoms with van der Waals surface area (Å²) in [6.45, 7) is 3.55. The van der Waals surface area contributed by atoms with Crippen molar-refractivity contribution in [3.8, 4) is 0 Å². The van der Waals surface area contributed by atoms with Gasteiger partial charge in [0.05, 0.1) is 5.75 Å². The van der Waals surface area contributed by atoms with E-state index in [0.29, 0.717) is 24.9 Å². The summed E-state index contributed by atoms with van der Waals surface area (Å²) in [5.74, 6) is 0.659. The van der Waals surface area contributed by atoms with E-state index in [1.54, 1.807) is 0 Å². The first kappa shape index (κ1) is 17.9. The van der Waals surface area contributed by atoms with E-state index in [1.165, 1.54) is 24.0 Å². The molecule has 0 aromatic heterocycles. The van der Waals surface area contributed by atoms with Crippen molar-refractivity contribution in [2.45, 2.75) is 25.7 Å². The molecule has 23 heavy (non-hydrogen) atoms. The van der Waals surface area contributed by atoms with Crippen LogP contribution in [0.5, 0.6) is 0 Å². The lowest BCUT2D eigenvalue weighted by Crippen LogP contribution is -2.43. The lowest BCUT2D eigenvalue weighted by molar-refractivity contribution is -0.132. The van der Waals surface area contributed by atoms with Gasteiger partial charge < -0.3 is 4.90 Å². The SMILES string of the molecule is C[C@H]1CN(C(=O)CCS(=O)(=O)N(C)C)CC[C@@H]1c1ccccc1. The highest BCUT2D eigenvalue weighted by molar-refractivity contribution is 7.89. The number of hydrogen-bond donors (Lipinski definition) is 0. The van der Waals surface area contributed by atoms with Crippen molar-refractivity contribution in [2.75, 3.05) is 32.9 Å². The summed E-state index contributed by atoms with van der Waals surface area (Å²) in [5, 5.41) is 0. The van der Waals surface area contributed by atoms with Crippen LogP contribution in [0.15, 0.2) is 30.3 Å². The Balaban J connectivity index is 1.91. The van der Waals surface area contributed by atoms with E-state index in [0.717, 1.165) is 6.42 Å². The maximum Gasteiger partial charge on any atom is 0.223 e. The number of sulfonamides is 1. The lowest BCUT2D eigenvalue weighted by atomic mass is 9.81. The topological polar surface area (TPSA) is 57.7 Å². The van der Waals surface area contributed by atoms with Crippen LogP contribution in [-0.2, 0) is 14.8 Å². The number of carbonyl (C=O) groups is 1. The van der Waals surface area contributed by atoms with Gasteiger partial charge in [0.25, 0.3) is 0 Å². The fraction of sp³-hybridized carbons (Fsp3) is 0.588. The maximum absolute atomic E-state index is 12.3. The van der Waals surface area contributed by atoms with Crippen molar-refractivity contribution >= 4 is 15.9 Å². The third-order valence-corrected chi connectivity index (χ3v) is 6.45. The van der Waals surface area contributed by atoms with Crippen LogP contribution in [0.25, 0.3) is 0 Å². The van der Waals surface area contributed by atoms with Crippen molar-refractivity contribution in [3.05, 3.63) is 35.9 Å². The molecule has 1 amide bonds. The Hall–Kier alpha value is -1.40. The normalized spacial score (nSPS) is 22.3. The van der Waals surface area contributed by atoms with Crippen LogP contribution < -0.4 is 0 Å². The van der Waals surface area contributed by atoms with Crippen LogP contribution >= 0.6 is 0 Å². The monoisotopic (exact) mass is 338 g/mol. The highest BCUT2D eigenvalue weighted by atomic mass is 32.2. The predicted octanol–water partition coefficient (Wildman–Crippen LogP) is 1.92. The summed E-state index contributed by atoms with van der Waals surface area (Å²) in [5.41, 5.74) is 1.32. The van der Waals surface area contributed by atoms with Gasteiger partial charge in [-0.1, -0.05) is 37.3 Å². The van der Waals surface area contributed by atoms with Crippen LogP contribution in [0.2, 0.25) is 0 Å². The van der Waals surface area contributed by atoms with Gasteiger partial charge in [-0.25, -0.2) is 12.7 Å². The van der Waals surface area contributed by atoms with E-state index in [2.05, 4.69) is 19.1 Å². The van der Waals surface area contributed by atoms with Crippen LogP contribution in [0.3, 0.4) is 0 Å². The summed E-state index contributed by atoms with van der Waals surface area (Å²) >= 11 is 0. The molecule has 1 heterocycles. The van der Waals surface area contributed by atoms with Gasteiger partial charge in [0, 0.05) is 33.6 Å². The second-order valence-electron chi connectivity index (χ2n) is 6.47. The van der Waals surface area contributed by atoms with Gasteiger partial charge in [-0.15, -0.1) is 0 Å². The standard InChI is InChI=1S/C17H26N2O3S/c1-14-13-19(17(20)10-12-23(21,22)18(2)3)11-9-16(14)15-7-5-4-6-8-15/h4-8,14,16H,9-13H2,1-3H3/t14-,16-/m0/s1. The minimum absolute atomic E-state index is 0.0588. The molecule has 1 saturated heterocycles. The molecule has 1 aromatic carbocycles. The number of likely N-dealkylation sites (tertiary alicyclic amines) is 1. The van der Waals surface area contributed by atoms with Gasteiger partial charge in [0.1, 0.15) is 0 Å². The molecule has 2 atom stereocenters. The number of carbonyl (C=O) groups excluding carboxylic acids is 1. The third-order valence-electron chi connectivity index (χ3n) is 4.62. The van der Waals surface area contributed by atoms with Crippen molar-refractivity contribution < 1.29 is 13.2 Å². The fourth-order valence-corrected chi connectivity index (χ4v) is 3.92. The number of piperidine rings is 1. The molecule has 2 rings (SSSR count). The van der Waals surface area contributed by atoms with Crippen LogP contribution in [0.1, 0.15) is 31.2 Å². The van der Waals surface area contributed by atoms with E-state index < -0.39 is 10.0 Å². The zero-order chi connectivity index (χ0) is 17.0. The number of benzene rings is 1. The number of rotatable bonds is 5. The van der Waals surface area contributed by atoms with Crippen LogP contribution in [0.4, 0.5) is 0 Å². The van der Waals surface area contributed by atoms with Gasteiger partial charge in [-0.05, 0) is 23.8 Å². The molecular weight excluding hydrogens is 312 g/mol. The Morgan fingerprint density at radius 2 is 1.91 bits per heavy atom. The molecule has 1 aromatic rings. The zero-order valence-electron chi connectivity index (χ0n) is 14.1. The molecular formula is C17H26N2O3S. The third kappa shape index (κ3) is 4.54. The molecule has 1 fully saturated rings. The van der Waals surface area contributed by atoms with E-state index in [1.807, 2.05) is 23.1 Å². The van der Waals surface area contributed by atoms with Crippen molar-refractivity contribution in [1.29, 1.82) is 0 Å². The largest absolute Gasteiger partial charge is 0.342 e.